The van der Waals surface area contributed by atoms with Crippen molar-refractivity contribution in [3.8, 4) is 11.3 Å². The Balaban J connectivity index is 1.98. The van der Waals surface area contributed by atoms with E-state index in [1.807, 2.05) is 55.8 Å². The molecule has 0 unspecified atom stereocenters. The maximum atomic E-state index is 12.9. The van der Waals surface area contributed by atoms with Crippen molar-refractivity contribution < 1.29 is 14.3 Å². The van der Waals surface area contributed by atoms with Crippen LogP contribution in [0.3, 0.4) is 0 Å². The molecular weight excluding hydrogens is 368 g/mol. The second-order valence-corrected chi connectivity index (χ2v) is 7.23. The van der Waals surface area contributed by atoms with E-state index in [1.165, 1.54) is 7.11 Å². The van der Waals surface area contributed by atoms with Crippen LogP contribution in [-0.2, 0) is 9.53 Å². The number of carbonyl (C=O) groups is 2. The predicted molar refractivity (Wildman–Crippen MR) is 112 cm³/mol. The van der Waals surface area contributed by atoms with Crippen LogP contribution in [0.2, 0.25) is 0 Å². The minimum atomic E-state index is -0.286. The summed E-state index contributed by atoms with van der Waals surface area (Å²) in [4.78, 5) is 29.0. The number of methoxy groups -OCH3 is 1. The van der Waals surface area contributed by atoms with Crippen molar-refractivity contribution in [2.45, 2.75) is 39.7 Å². The van der Waals surface area contributed by atoms with Crippen LogP contribution >= 0.6 is 0 Å². The lowest BCUT2D eigenvalue weighted by Gasteiger charge is -2.12. The molecule has 0 fully saturated rings. The SMILES string of the molecule is COC(=O)CCCNC(=O)c1cc(-c2ccccc2C)nc2c1cnn2C(C)C. The van der Waals surface area contributed by atoms with Crippen LogP contribution in [0.25, 0.3) is 22.3 Å². The van der Waals surface area contributed by atoms with E-state index in [0.29, 0.717) is 29.6 Å². The predicted octanol–water partition coefficient (Wildman–Crippen LogP) is 3.67. The highest BCUT2D eigenvalue weighted by Crippen LogP contribution is 2.28. The third kappa shape index (κ3) is 4.45. The monoisotopic (exact) mass is 394 g/mol. The molecule has 2 heterocycles. The Morgan fingerprint density at radius 2 is 2.00 bits per heavy atom. The molecule has 0 saturated carbocycles. The van der Waals surface area contributed by atoms with Crippen molar-refractivity contribution in [3.05, 3.63) is 47.7 Å². The largest absolute Gasteiger partial charge is 0.469 e. The molecule has 0 aliphatic carbocycles. The maximum absolute atomic E-state index is 12.9. The molecule has 2 aromatic heterocycles. The Labute approximate surface area is 170 Å². The standard InChI is InChI=1S/C22H26N4O3/c1-14(2)26-21-18(13-24-26)17(22(28)23-11-7-10-20(27)29-4)12-19(25-21)16-9-6-5-8-15(16)3/h5-6,8-9,12-14H,7,10-11H2,1-4H3,(H,23,28). The molecule has 152 valence electrons. The maximum Gasteiger partial charge on any atom is 0.305 e. The fourth-order valence-electron chi connectivity index (χ4n) is 3.21. The van der Waals surface area contributed by atoms with Gasteiger partial charge in [-0.1, -0.05) is 24.3 Å². The summed E-state index contributed by atoms with van der Waals surface area (Å²) in [6.07, 6.45) is 2.47. The first kappa shape index (κ1) is 20.5. The quantitative estimate of drug-likeness (QED) is 0.488. The summed E-state index contributed by atoms with van der Waals surface area (Å²) in [7, 11) is 1.36. The van der Waals surface area contributed by atoms with Gasteiger partial charge in [-0.2, -0.15) is 5.10 Å². The first-order valence-electron chi connectivity index (χ1n) is 9.71. The molecule has 0 aliphatic heterocycles. The number of ether oxygens (including phenoxy) is 1. The van der Waals surface area contributed by atoms with Crippen LogP contribution in [0.15, 0.2) is 36.5 Å². The van der Waals surface area contributed by atoms with Crippen LogP contribution in [0.1, 0.15) is 48.7 Å². The molecule has 0 spiro atoms. The zero-order valence-electron chi connectivity index (χ0n) is 17.2. The van der Waals surface area contributed by atoms with E-state index in [9.17, 15) is 9.59 Å². The van der Waals surface area contributed by atoms with Crippen LogP contribution in [0.5, 0.6) is 0 Å². The van der Waals surface area contributed by atoms with Gasteiger partial charge in [0.2, 0.25) is 0 Å². The fourth-order valence-corrected chi connectivity index (χ4v) is 3.21. The topological polar surface area (TPSA) is 86.1 Å². The molecule has 3 aromatic rings. The van der Waals surface area contributed by atoms with Gasteiger partial charge in [0.1, 0.15) is 0 Å². The van der Waals surface area contributed by atoms with Crippen molar-refractivity contribution in [2.75, 3.05) is 13.7 Å². The van der Waals surface area contributed by atoms with E-state index >= 15 is 0 Å². The number of amides is 1. The van der Waals surface area contributed by atoms with E-state index < -0.39 is 0 Å². The molecule has 0 aliphatic rings. The summed E-state index contributed by atoms with van der Waals surface area (Å²) in [5, 5.41) is 8.04. The highest BCUT2D eigenvalue weighted by Gasteiger charge is 2.19. The minimum Gasteiger partial charge on any atom is -0.469 e. The Morgan fingerprint density at radius 1 is 1.24 bits per heavy atom. The molecule has 3 rings (SSSR count). The highest BCUT2D eigenvalue weighted by atomic mass is 16.5. The Bertz CT molecular complexity index is 1040. The van der Waals surface area contributed by atoms with Gasteiger partial charge in [-0.15, -0.1) is 0 Å². The first-order valence-corrected chi connectivity index (χ1v) is 9.71. The molecular formula is C22H26N4O3. The molecule has 0 bridgehead atoms. The smallest absolute Gasteiger partial charge is 0.305 e. The van der Waals surface area contributed by atoms with E-state index in [-0.39, 0.29) is 24.3 Å². The minimum absolute atomic E-state index is 0.114. The number of nitrogens with zero attached hydrogens (tertiary/aromatic N) is 3. The van der Waals surface area contributed by atoms with E-state index in [2.05, 4.69) is 15.2 Å². The molecule has 7 nitrogen and oxygen atoms in total. The van der Waals surface area contributed by atoms with Crippen LogP contribution in [0.4, 0.5) is 0 Å². The van der Waals surface area contributed by atoms with Crippen LogP contribution in [-0.4, -0.2) is 40.3 Å². The highest BCUT2D eigenvalue weighted by molar-refractivity contribution is 6.06. The van der Waals surface area contributed by atoms with Gasteiger partial charge in [0.15, 0.2) is 5.65 Å². The Morgan fingerprint density at radius 3 is 2.69 bits per heavy atom. The van der Waals surface area contributed by atoms with Gasteiger partial charge in [0.25, 0.3) is 5.91 Å². The molecule has 7 heteroatoms. The number of carbonyl (C=O) groups excluding carboxylic acids is 2. The van der Waals surface area contributed by atoms with Crippen molar-refractivity contribution in [2.24, 2.45) is 0 Å². The number of fused-ring (bicyclic) bond motifs is 1. The lowest BCUT2D eigenvalue weighted by atomic mass is 10.0. The van der Waals surface area contributed by atoms with Gasteiger partial charge in [0.05, 0.1) is 30.0 Å². The van der Waals surface area contributed by atoms with Gasteiger partial charge in [-0.05, 0) is 38.8 Å². The summed E-state index contributed by atoms with van der Waals surface area (Å²) in [6.45, 7) is 6.46. The number of aryl methyl sites for hydroxylation is 1. The summed E-state index contributed by atoms with van der Waals surface area (Å²) in [5.74, 6) is -0.494. The van der Waals surface area contributed by atoms with Crippen molar-refractivity contribution in [3.63, 3.8) is 0 Å². The number of hydrogen-bond donors (Lipinski definition) is 1. The lowest BCUT2D eigenvalue weighted by Crippen LogP contribution is -2.25. The number of nitrogens with one attached hydrogen (secondary N) is 1. The third-order valence-corrected chi connectivity index (χ3v) is 4.79. The summed E-state index contributed by atoms with van der Waals surface area (Å²) in [5.41, 5.74) is 4.00. The number of rotatable bonds is 7. The van der Waals surface area contributed by atoms with Crippen LogP contribution < -0.4 is 5.32 Å². The molecule has 0 radical (unpaired) electrons. The first-order chi connectivity index (χ1) is 13.9. The van der Waals surface area contributed by atoms with Crippen molar-refractivity contribution >= 4 is 22.9 Å². The van der Waals surface area contributed by atoms with E-state index in [1.54, 1.807) is 6.20 Å². The number of hydrogen-bond acceptors (Lipinski definition) is 5. The number of benzene rings is 1. The van der Waals surface area contributed by atoms with Gasteiger partial charge in [-0.3, -0.25) is 9.59 Å². The fraction of sp³-hybridized carbons (Fsp3) is 0.364. The van der Waals surface area contributed by atoms with Crippen molar-refractivity contribution in [1.82, 2.24) is 20.1 Å². The zero-order chi connectivity index (χ0) is 21.0. The molecule has 1 aromatic carbocycles. The summed E-state index contributed by atoms with van der Waals surface area (Å²) >= 11 is 0. The second kappa shape index (κ2) is 8.86. The summed E-state index contributed by atoms with van der Waals surface area (Å²) in [6, 6.07) is 9.88. The van der Waals surface area contributed by atoms with Gasteiger partial charge < -0.3 is 10.1 Å². The summed E-state index contributed by atoms with van der Waals surface area (Å²) < 4.78 is 6.45. The number of aromatic nitrogens is 3. The van der Waals surface area contributed by atoms with Gasteiger partial charge in [-0.25, -0.2) is 9.67 Å². The molecule has 1 N–H and O–H groups in total. The normalized spacial score (nSPS) is 11.1. The third-order valence-electron chi connectivity index (χ3n) is 4.79. The Kier molecular flexibility index (Phi) is 6.26. The lowest BCUT2D eigenvalue weighted by molar-refractivity contribution is -0.140. The molecule has 29 heavy (non-hydrogen) atoms. The average Bonchev–Trinajstić information content (AvgIpc) is 3.14. The number of esters is 1. The zero-order valence-corrected chi connectivity index (χ0v) is 17.2. The van der Waals surface area contributed by atoms with Gasteiger partial charge >= 0.3 is 5.97 Å². The average molecular weight is 394 g/mol. The molecule has 1 amide bonds. The molecule has 0 saturated heterocycles. The van der Waals surface area contributed by atoms with Gasteiger partial charge in [0, 0.05) is 24.6 Å². The Hall–Kier alpha value is -3.22. The number of pyridine rings is 1. The van der Waals surface area contributed by atoms with Crippen LogP contribution in [0, 0.1) is 6.92 Å². The van der Waals surface area contributed by atoms with E-state index in [4.69, 9.17) is 4.98 Å². The van der Waals surface area contributed by atoms with E-state index in [0.717, 1.165) is 16.8 Å². The molecule has 0 atom stereocenters. The van der Waals surface area contributed by atoms with Crippen molar-refractivity contribution in [1.29, 1.82) is 0 Å². The second-order valence-electron chi connectivity index (χ2n) is 7.23.